The number of benzene rings is 2. The summed E-state index contributed by atoms with van der Waals surface area (Å²) in [6, 6.07) is 19.1. The summed E-state index contributed by atoms with van der Waals surface area (Å²) in [4.78, 5) is 13.8. The van der Waals surface area contributed by atoms with Gasteiger partial charge in [0.1, 0.15) is 11.7 Å². The summed E-state index contributed by atoms with van der Waals surface area (Å²) in [7, 11) is 0. The molecule has 2 aromatic carbocycles. The fourth-order valence-corrected chi connectivity index (χ4v) is 3.88. The van der Waals surface area contributed by atoms with Gasteiger partial charge < -0.3 is 5.32 Å². The molecule has 0 radical (unpaired) electrons. The van der Waals surface area contributed by atoms with Crippen LogP contribution in [0.3, 0.4) is 0 Å². The molecular formula is C21H18ClN3OS. The van der Waals surface area contributed by atoms with Crippen LogP contribution in [0, 0.1) is 0 Å². The first-order chi connectivity index (χ1) is 13.1. The summed E-state index contributed by atoms with van der Waals surface area (Å²) < 4.78 is 1.78. The predicted molar refractivity (Wildman–Crippen MR) is 111 cm³/mol. The summed E-state index contributed by atoms with van der Waals surface area (Å²) in [5.41, 5.74) is 2.71. The zero-order valence-electron chi connectivity index (χ0n) is 14.7. The Hall–Kier alpha value is -2.63. The molecule has 6 heteroatoms. The zero-order valence-corrected chi connectivity index (χ0v) is 16.3. The van der Waals surface area contributed by atoms with Crippen molar-refractivity contribution in [2.45, 2.75) is 19.5 Å². The molecule has 1 N–H and O–H groups in total. The third-order valence-electron chi connectivity index (χ3n) is 4.48. The van der Waals surface area contributed by atoms with E-state index in [1.165, 1.54) is 0 Å². The molecule has 1 atom stereocenters. The van der Waals surface area contributed by atoms with Crippen molar-refractivity contribution in [3.05, 3.63) is 75.9 Å². The molecule has 4 aromatic rings. The van der Waals surface area contributed by atoms with Crippen molar-refractivity contribution >= 4 is 39.7 Å². The molecule has 0 unspecified atom stereocenters. The minimum absolute atomic E-state index is 0.0673. The number of rotatable bonds is 5. The third kappa shape index (κ3) is 3.61. The molecule has 2 aromatic heterocycles. The maximum absolute atomic E-state index is 12.7. The SMILES string of the molecule is C[C@H](C(=O)NCc1cccs1)n1nc(-c2ccccc2)c2cc(Cl)ccc21. The maximum Gasteiger partial charge on any atom is 0.244 e. The van der Waals surface area contributed by atoms with Crippen LogP contribution in [0.15, 0.2) is 66.0 Å². The molecule has 136 valence electrons. The lowest BCUT2D eigenvalue weighted by molar-refractivity contribution is -0.124. The highest BCUT2D eigenvalue weighted by Crippen LogP contribution is 2.31. The highest BCUT2D eigenvalue weighted by atomic mass is 35.5. The number of hydrogen-bond acceptors (Lipinski definition) is 3. The smallest absolute Gasteiger partial charge is 0.244 e. The van der Waals surface area contributed by atoms with E-state index in [2.05, 4.69) is 5.32 Å². The van der Waals surface area contributed by atoms with E-state index >= 15 is 0 Å². The summed E-state index contributed by atoms with van der Waals surface area (Å²) in [6.45, 7) is 2.39. The maximum atomic E-state index is 12.7. The van der Waals surface area contributed by atoms with Gasteiger partial charge in [-0.1, -0.05) is 48.0 Å². The van der Waals surface area contributed by atoms with E-state index in [1.54, 1.807) is 16.0 Å². The van der Waals surface area contributed by atoms with Crippen molar-refractivity contribution in [3.8, 4) is 11.3 Å². The van der Waals surface area contributed by atoms with Gasteiger partial charge in [-0.15, -0.1) is 11.3 Å². The number of nitrogens with one attached hydrogen (secondary N) is 1. The van der Waals surface area contributed by atoms with Gasteiger partial charge in [0.25, 0.3) is 0 Å². The molecule has 0 saturated heterocycles. The van der Waals surface area contributed by atoms with Gasteiger partial charge in [0, 0.05) is 20.8 Å². The second kappa shape index (κ2) is 7.55. The van der Waals surface area contributed by atoms with Crippen molar-refractivity contribution < 1.29 is 4.79 Å². The van der Waals surface area contributed by atoms with Gasteiger partial charge in [-0.25, -0.2) is 0 Å². The van der Waals surface area contributed by atoms with Crippen molar-refractivity contribution in [3.63, 3.8) is 0 Å². The number of nitrogens with zero attached hydrogens (tertiary/aromatic N) is 2. The average molecular weight is 396 g/mol. The quantitative estimate of drug-likeness (QED) is 0.498. The molecule has 0 aliphatic rings. The number of fused-ring (bicyclic) bond motifs is 1. The fourth-order valence-electron chi connectivity index (χ4n) is 3.06. The Morgan fingerprint density at radius 3 is 2.74 bits per heavy atom. The molecule has 0 bridgehead atoms. The second-order valence-corrected chi connectivity index (χ2v) is 7.76. The molecule has 0 aliphatic heterocycles. The number of hydrogen-bond donors (Lipinski definition) is 1. The van der Waals surface area contributed by atoms with Crippen LogP contribution in [-0.4, -0.2) is 15.7 Å². The number of carbonyl (C=O) groups excluding carboxylic acids is 1. The summed E-state index contributed by atoms with van der Waals surface area (Å²) in [6.07, 6.45) is 0. The van der Waals surface area contributed by atoms with Crippen LogP contribution < -0.4 is 5.32 Å². The van der Waals surface area contributed by atoms with Gasteiger partial charge in [-0.2, -0.15) is 5.10 Å². The topological polar surface area (TPSA) is 46.9 Å². The number of aromatic nitrogens is 2. The first-order valence-electron chi connectivity index (χ1n) is 8.67. The van der Waals surface area contributed by atoms with E-state index < -0.39 is 6.04 Å². The van der Waals surface area contributed by atoms with Crippen LogP contribution in [0.25, 0.3) is 22.2 Å². The highest BCUT2D eigenvalue weighted by Gasteiger charge is 2.21. The minimum Gasteiger partial charge on any atom is -0.349 e. The molecule has 2 heterocycles. The number of halogens is 1. The zero-order chi connectivity index (χ0) is 18.8. The number of thiophene rings is 1. The average Bonchev–Trinajstić information content (AvgIpc) is 3.33. The van der Waals surface area contributed by atoms with Crippen LogP contribution in [0.1, 0.15) is 17.8 Å². The van der Waals surface area contributed by atoms with E-state index in [1.807, 2.05) is 73.0 Å². The normalized spacial score (nSPS) is 12.2. The monoisotopic (exact) mass is 395 g/mol. The standard InChI is InChI=1S/C21H18ClN3OS/c1-14(21(26)23-13-17-8-5-11-27-17)25-19-10-9-16(22)12-18(19)20(24-25)15-6-3-2-4-7-15/h2-12,14H,13H2,1H3,(H,23,26)/t14-/m1/s1. The van der Waals surface area contributed by atoms with Crippen LogP contribution >= 0.6 is 22.9 Å². The van der Waals surface area contributed by atoms with Gasteiger partial charge >= 0.3 is 0 Å². The molecule has 0 saturated carbocycles. The summed E-state index contributed by atoms with van der Waals surface area (Å²) in [5.74, 6) is -0.0673. The molecular weight excluding hydrogens is 378 g/mol. The van der Waals surface area contributed by atoms with Crippen LogP contribution in [0.4, 0.5) is 0 Å². The van der Waals surface area contributed by atoms with Gasteiger partial charge in [-0.3, -0.25) is 9.48 Å². The van der Waals surface area contributed by atoms with Gasteiger partial charge in [-0.05, 0) is 36.6 Å². The summed E-state index contributed by atoms with van der Waals surface area (Å²) in [5, 5.41) is 11.3. The largest absolute Gasteiger partial charge is 0.349 e. The Bertz CT molecular complexity index is 1070. The Morgan fingerprint density at radius 1 is 1.19 bits per heavy atom. The molecule has 0 aliphatic carbocycles. The van der Waals surface area contributed by atoms with Gasteiger partial charge in [0.15, 0.2) is 0 Å². The van der Waals surface area contributed by atoms with Gasteiger partial charge in [0.05, 0.1) is 12.1 Å². The molecule has 0 spiro atoms. The molecule has 1 amide bonds. The van der Waals surface area contributed by atoms with Gasteiger partial charge in [0.2, 0.25) is 5.91 Å². The van der Waals surface area contributed by atoms with Crippen LogP contribution in [0.2, 0.25) is 5.02 Å². The lowest BCUT2D eigenvalue weighted by Crippen LogP contribution is -2.30. The minimum atomic E-state index is -0.439. The van der Waals surface area contributed by atoms with Crippen LogP contribution in [-0.2, 0) is 11.3 Å². The fraction of sp³-hybridized carbons (Fsp3) is 0.143. The van der Waals surface area contributed by atoms with E-state index in [9.17, 15) is 4.79 Å². The van der Waals surface area contributed by atoms with E-state index in [0.29, 0.717) is 11.6 Å². The third-order valence-corrected chi connectivity index (χ3v) is 5.59. The molecule has 4 nitrogen and oxygen atoms in total. The Kier molecular flexibility index (Phi) is 4.97. The molecule has 27 heavy (non-hydrogen) atoms. The number of amides is 1. The van der Waals surface area contributed by atoms with Crippen molar-refractivity contribution in [2.24, 2.45) is 0 Å². The van der Waals surface area contributed by atoms with E-state index in [4.69, 9.17) is 16.7 Å². The van der Waals surface area contributed by atoms with Crippen molar-refractivity contribution in [2.75, 3.05) is 0 Å². The number of carbonyl (C=O) groups is 1. The Morgan fingerprint density at radius 2 is 2.00 bits per heavy atom. The predicted octanol–water partition coefficient (Wildman–Crippen LogP) is 5.30. The molecule has 4 rings (SSSR count). The van der Waals surface area contributed by atoms with E-state index in [-0.39, 0.29) is 5.91 Å². The lowest BCUT2D eigenvalue weighted by atomic mass is 10.1. The Labute approximate surface area is 166 Å². The van der Waals surface area contributed by atoms with Crippen molar-refractivity contribution in [1.82, 2.24) is 15.1 Å². The lowest BCUT2D eigenvalue weighted by Gasteiger charge is -2.13. The molecule has 0 fully saturated rings. The summed E-state index contributed by atoms with van der Waals surface area (Å²) >= 11 is 7.85. The van der Waals surface area contributed by atoms with Crippen LogP contribution in [0.5, 0.6) is 0 Å². The highest BCUT2D eigenvalue weighted by molar-refractivity contribution is 7.09. The first kappa shape index (κ1) is 17.8. The first-order valence-corrected chi connectivity index (χ1v) is 9.92. The Balaban J connectivity index is 1.69. The van der Waals surface area contributed by atoms with E-state index in [0.717, 1.165) is 27.0 Å². The van der Waals surface area contributed by atoms with Crippen molar-refractivity contribution in [1.29, 1.82) is 0 Å². The second-order valence-electron chi connectivity index (χ2n) is 6.29.